The number of carbonyl (C=O) groups excluding carboxylic acids is 1. The van der Waals surface area contributed by atoms with Crippen LogP contribution >= 0.6 is 0 Å². The molecule has 0 atom stereocenters. The van der Waals surface area contributed by atoms with Crippen LogP contribution in [0.1, 0.15) is 19.3 Å². The lowest BCUT2D eigenvalue weighted by Gasteiger charge is -2.35. The zero-order valence-electron chi connectivity index (χ0n) is 8.90. The first-order valence-electron chi connectivity index (χ1n) is 5.29. The fourth-order valence-electron chi connectivity index (χ4n) is 2.51. The molecule has 2 aliphatic rings. The average molecular weight is 212 g/mol. The largest absolute Gasteiger partial charge is 0.465 e. The smallest absolute Gasteiger partial charge is 0.414 e. The van der Waals surface area contributed by atoms with Crippen LogP contribution in [0.4, 0.5) is 4.79 Å². The van der Waals surface area contributed by atoms with E-state index in [2.05, 4.69) is 4.90 Å². The molecule has 0 bridgehead atoms. The van der Waals surface area contributed by atoms with Crippen molar-refractivity contribution in [2.24, 2.45) is 5.41 Å². The van der Waals surface area contributed by atoms with Crippen molar-refractivity contribution in [3.05, 3.63) is 0 Å². The van der Waals surface area contributed by atoms with E-state index in [1.165, 1.54) is 0 Å². The summed E-state index contributed by atoms with van der Waals surface area (Å²) in [6, 6.07) is 0. The summed E-state index contributed by atoms with van der Waals surface area (Å²) in [5, 5.41) is 8.84. The van der Waals surface area contributed by atoms with Crippen molar-refractivity contribution in [3.63, 3.8) is 0 Å². The summed E-state index contributed by atoms with van der Waals surface area (Å²) in [5.41, 5.74) is -0.370. The molecule has 0 aromatic heterocycles. The molecule has 0 unspecified atom stereocenters. The molecule has 1 spiro atoms. The predicted octanol–water partition coefficient (Wildman–Crippen LogP) is 0.609. The highest BCUT2D eigenvalue weighted by molar-refractivity contribution is 5.96. The van der Waals surface area contributed by atoms with Gasteiger partial charge in [0.25, 0.3) is 0 Å². The number of amides is 2. The molecule has 0 saturated carbocycles. The van der Waals surface area contributed by atoms with E-state index in [1.54, 1.807) is 0 Å². The molecule has 2 amide bonds. The Labute approximate surface area is 88.6 Å². The minimum absolute atomic E-state index is 0.178. The summed E-state index contributed by atoms with van der Waals surface area (Å²) in [5.74, 6) is -0.178. The van der Waals surface area contributed by atoms with Crippen LogP contribution in [-0.2, 0) is 4.79 Å². The Morgan fingerprint density at radius 3 is 2.27 bits per heavy atom. The normalized spacial score (nSPS) is 26.2. The van der Waals surface area contributed by atoms with Gasteiger partial charge >= 0.3 is 6.09 Å². The zero-order valence-corrected chi connectivity index (χ0v) is 8.90. The van der Waals surface area contributed by atoms with Crippen LogP contribution in [0.25, 0.3) is 0 Å². The highest BCUT2D eigenvalue weighted by Gasteiger charge is 2.49. The van der Waals surface area contributed by atoms with Gasteiger partial charge < -0.3 is 10.0 Å². The zero-order chi connectivity index (χ0) is 11.1. The van der Waals surface area contributed by atoms with E-state index < -0.39 is 6.09 Å². The van der Waals surface area contributed by atoms with Gasteiger partial charge in [-0.2, -0.15) is 0 Å². The topological polar surface area (TPSA) is 60.9 Å². The van der Waals surface area contributed by atoms with Gasteiger partial charge in [0.05, 0.1) is 5.41 Å². The molecule has 84 valence electrons. The maximum atomic E-state index is 12.0. The van der Waals surface area contributed by atoms with Crippen molar-refractivity contribution in [3.8, 4) is 0 Å². The fourth-order valence-corrected chi connectivity index (χ4v) is 2.51. The highest BCUT2D eigenvalue weighted by Crippen LogP contribution is 2.41. The van der Waals surface area contributed by atoms with Gasteiger partial charge in [0.1, 0.15) is 0 Å². The molecule has 2 heterocycles. The van der Waals surface area contributed by atoms with Crippen LogP contribution in [0.2, 0.25) is 0 Å². The van der Waals surface area contributed by atoms with E-state index in [1.807, 2.05) is 7.05 Å². The van der Waals surface area contributed by atoms with Gasteiger partial charge in [-0.3, -0.25) is 4.79 Å². The molecule has 0 aliphatic carbocycles. The average Bonchev–Trinajstić information content (AvgIpc) is 2.50. The van der Waals surface area contributed by atoms with Gasteiger partial charge in [0, 0.05) is 6.54 Å². The van der Waals surface area contributed by atoms with Crippen LogP contribution in [0, 0.1) is 5.41 Å². The SMILES string of the molecule is CN1CCC2(CC1)CCN(C(=O)O)C2=O. The van der Waals surface area contributed by atoms with E-state index in [0.717, 1.165) is 30.8 Å². The van der Waals surface area contributed by atoms with Gasteiger partial charge in [-0.15, -0.1) is 0 Å². The maximum absolute atomic E-state index is 12.0. The Kier molecular flexibility index (Phi) is 2.42. The molecule has 1 N–H and O–H groups in total. The van der Waals surface area contributed by atoms with E-state index in [4.69, 9.17) is 5.11 Å². The summed E-state index contributed by atoms with van der Waals surface area (Å²) in [6.45, 7) is 2.15. The number of nitrogens with zero attached hydrogens (tertiary/aromatic N) is 2. The maximum Gasteiger partial charge on any atom is 0.414 e. The number of carbonyl (C=O) groups is 2. The number of hydrogen-bond donors (Lipinski definition) is 1. The molecule has 0 radical (unpaired) electrons. The van der Waals surface area contributed by atoms with Gasteiger partial charge in [-0.05, 0) is 39.4 Å². The van der Waals surface area contributed by atoms with Crippen molar-refractivity contribution in [2.75, 3.05) is 26.7 Å². The molecule has 0 aromatic rings. The number of carboxylic acid groups (broad SMARTS) is 1. The molecule has 5 nitrogen and oxygen atoms in total. The molecule has 2 rings (SSSR count). The number of imide groups is 1. The Morgan fingerprint density at radius 2 is 1.80 bits per heavy atom. The van der Waals surface area contributed by atoms with Gasteiger partial charge in [0.2, 0.25) is 5.91 Å². The van der Waals surface area contributed by atoms with Crippen LogP contribution < -0.4 is 0 Å². The van der Waals surface area contributed by atoms with E-state index >= 15 is 0 Å². The van der Waals surface area contributed by atoms with Crippen molar-refractivity contribution >= 4 is 12.0 Å². The summed E-state index contributed by atoms with van der Waals surface area (Å²) in [6.07, 6.45) is 1.19. The standard InChI is InChI=1S/C10H16N2O3/c1-11-5-2-10(3-6-11)4-7-12(8(10)13)9(14)15/h2-7H2,1H3,(H,14,15). The lowest BCUT2D eigenvalue weighted by atomic mass is 9.77. The first-order valence-corrected chi connectivity index (χ1v) is 5.29. The highest BCUT2D eigenvalue weighted by atomic mass is 16.4. The first-order chi connectivity index (χ1) is 7.05. The van der Waals surface area contributed by atoms with Gasteiger partial charge in [0.15, 0.2) is 0 Å². The van der Waals surface area contributed by atoms with E-state index in [0.29, 0.717) is 13.0 Å². The Bertz CT molecular complexity index is 295. The Balaban J connectivity index is 2.12. The second kappa shape index (κ2) is 3.48. The van der Waals surface area contributed by atoms with Crippen molar-refractivity contribution in [1.29, 1.82) is 0 Å². The summed E-state index contributed by atoms with van der Waals surface area (Å²) < 4.78 is 0. The fraction of sp³-hybridized carbons (Fsp3) is 0.800. The number of likely N-dealkylation sites (tertiary alicyclic amines) is 2. The summed E-state index contributed by atoms with van der Waals surface area (Å²) in [4.78, 5) is 25.9. The molecule has 0 aromatic carbocycles. The monoisotopic (exact) mass is 212 g/mol. The molecule has 5 heteroatoms. The third kappa shape index (κ3) is 1.61. The minimum atomic E-state index is -1.10. The molecule has 2 saturated heterocycles. The second-order valence-electron chi connectivity index (χ2n) is 4.57. The second-order valence-corrected chi connectivity index (χ2v) is 4.57. The quantitative estimate of drug-likeness (QED) is 0.639. The van der Waals surface area contributed by atoms with E-state index in [-0.39, 0.29) is 11.3 Å². The van der Waals surface area contributed by atoms with Gasteiger partial charge in [-0.25, -0.2) is 9.69 Å². The third-order valence-electron chi connectivity index (χ3n) is 3.69. The van der Waals surface area contributed by atoms with Crippen molar-refractivity contribution < 1.29 is 14.7 Å². The Morgan fingerprint density at radius 1 is 1.27 bits per heavy atom. The van der Waals surface area contributed by atoms with Gasteiger partial charge in [-0.1, -0.05) is 0 Å². The van der Waals surface area contributed by atoms with Crippen LogP contribution in [0.5, 0.6) is 0 Å². The number of hydrogen-bond acceptors (Lipinski definition) is 3. The first kappa shape index (κ1) is 10.4. The Hall–Kier alpha value is -1.10. The molecule has 15 heavy (non-hydrogen) atoms. The molecule has 2 fully saturated rings. The van der Waals surface area contributed by atoms with Crippen molar-refractivity contribution in [1.82, 2.24) is 9.80 Å². The molecular weight excluding hydrogens is 196 g/mol. The summed E-state index contributed by atoms with van der Waals surface area (Å²) >= 11 is 0. The predicted molar refractivity (Wildman–Crippen MR) is 53.5 cm³/mol. The van der Waals surface area contributed by atoms with Crippen LogP contribution in [0.3, 0.4) is 0 Å². The van der Waals surface area contributed by atoms with Crippen LogP contribution in [0.15, 0.2) is 0 Å². The number of piperidine rings is 1. The minimum Gasteiger partial charge on any atom is -0.465 e. The molecule has 2 aliphatic heterocycles. The van der Waals surface area contributed by atoms with Crippen LogP contribution in [-0.4, -0.2) is 53.6 Å². The van der Waals surface area contributed by atoms with E-state index in [9.17, 15) is 9.59 Å². The third-order valence-corrected chi connectivity index (χ3v) is 3.69. The lowest BCUT2D eigenvalue weighted by Crippen LogP contribution is -2.44. The number of rotatable bonds is 0. The lowest BCUT2D eigenvalue weighted by molar-refractivity contribution is -0.136. The summed E-state index contributed by atoms with van der Waals surface area (Å²) in [7, 11) is 2.03. The van der Waals surface area contributed by atoms with Crippen molar-refractivity contribution in [2.45, 2.75) is 19.3 Å². The molecular formula is C10H16N2O3.